The molecule has 0 saturated carbocycles. The number of hydrogen-bond acceptors (Lipinski definition) is 2. The molecule has 3 nitrogen and oxygen atoms in total. The highest BCUT2D eigenvalue weighted by atomic mass is 127. The zero-order valence-corrected chi connectivity index (χ0v) is 14.1. The van der Waals surface area contributed by atoms with Crippen LogP contribution < -0.4 is 5.32 Å². The van der Waals surface area contributed by atoms with E-state index in [1.165, 1.54) is 0 Å². The lowest BCUT2D eigenvalue weighted by Crippen LogP contribution is -2.26. The van der Waals surface area contributed by atoms with Crippen molar-refractivity contribution in [3.63, 3.8) is 0 Å². The Morgan fingerprint density at radius 2 is 2.22 bits per heavy atom. The van der Waals surface area contributed by atoms with Crippen molar-refractivity contribution in [3.05, 3.63) is 32.9 Å². The first-order valence-corrected chi connectivity index (χ1v) is 8.04. The molecular weight excluding hydrogens is 409 g/mol. The number of benzene rings is 1. The van der Waals surface area contributed by atoms with E-state index in [1.54, 1.807) is 0 Å². The Hall–Kier alpha value is -0.140. The van der Waals surface area contributed by atoms with Crippen LogP contribution in [0.4, 0.5) is 0 Å². The summed E-state index contributed by atoms with van der Waals surface area (Å²) in [6.45, 7) is 4.04. The third-order valence-corrected chi connectivity index (χ3v) is 4.16. The number of carbonyl (C=O) groups excluding carboxylic acids is 1. The summed E-state index contributed by atoms with van der Waals surface area (Å²) in [5.74, 6) is -0.0106. The molecule has 0 saturated heterocycles. The minimum atomic E-state index is -0.0106. The van der Waals surface area contributed by atoms with Crippen LogP contribution in [0.15, 0.2) is 18.2 Å². The van der Waals surface area contributed by atoms with Crippen molar-refractivity contribution in [1.29, 1.82) is 0 Å². The lowest BCUT2D eigenvalue weighted by molar-refractivity contribution is 0.0943. The molecule has 0 fully saturated rings. The molecule has 18 heavy (non-hydrogen) atoms. The summed E-state index contributed by atoms with van der Waals surface area (Å²) in [4.78, 5) is 11.9. The summed E-state index contributed by atoms with van der Waals surface area (Å²) in [5.41, 5.74) is 1.88. The fraction of sp³-hybridized carbons (Fsp3) is 0.462. The molecule has 0 heterocycles. The van der Waals surface area contributed by atoms with Gasteiger partial charge in [-0.1, -0.05) is 28.1 Å². The van der Waals surface area contributed by atoms with E-state index in [0.29, 0.717) is 19.8 Å². The molecule has 5 heteroatoms. The Labute approximate surface area is 130 Å². The number of aryl methyl sites for hydroxylation is 1. The molecule has 1 aromatic carbocycles. The molecule has 1 rings (SSSR count). The fourth-order valence-electron chi connectivity index (χ4n) is 1.45. The van der Waals surface area contributed by atoms with Gasteiger partial charge < -0.3 is 10.1 Å². The Kier molecular flexibility index (Phi) is 7.85. The summed E-state index contributed by atoms with van der Waals surface area (Å²) in [7, 11) is 0. The maximum absolute atomic E-state index is 11.9. The van der Waals surface area contributed by atoms with Crippen LogP contribution in [0.2, 0.25) is 0 Å². The van der Waals surface area contributed by atoms with Gasteiger partial charge in [0.05, 0.1) is 12.2 Å². The normalized spacial score (nSPS) is 10.4. The lowest BCUT2D eigenvalue weighted by atomic mass is 10.1. The van der Waals surface area contributed by atoms with Gasteiger partial charge in [-0.3, -0.25) is 4.79 Å². The minimum Gasteiger partial charge on any atom is -0.381 e. The second kappa shape index (κ2) is 8.87. The maximum atomic E-state index is 11.9. The van der Waals surface area contributed by atoms with Crippen LogP contribution in [0.25, 0.3) is 0 Å². The number of hydrogen-bond donors (Lipinski definition) is 1. The van der Waals surface area contributed by atoms with E-state index in [1.807, 2.05) is 25.1 Å². The predicted octanol–water partition coefficient (Wildman–Crippen LogP) is 3.13. The lowest BCUT2D eigenvalue weighted by Gasteiger charge is -2.08. The highest BCUT2D eigenvalue weighted by Gasteiger charge is 2.10. The first kappa shape index (κ1) is 15.9. The molecule has 100 valence electrons. The van der Waals surface area contributed by atoms with E-state index in [9.17, 15) is 4.79 Å². The Bertz CT molecular complexity index is 399. The van der Waals surface area contributed by atoms with E-state index in [4.69, 9.17) is 4.74 Å². The molecule has 0 unspecified atom stereocenters. The van der Waals surface area contributed by atoms with Gasteiger partial charge in [-0.25, -0.2) is 0 Å². The minimum absolute atomic E-state index is 0.0106. The van der Waals surface area contributed by atoms with Gasteiger partial charge in [0.15, 0.2) is 0 Å². The van der Waals surface area contributed by atoms with Crippen LogP contribution in [0.1, 0.15) is 22.3 Å². The molecule has 0 aromatic heterocycles. The van der Waals surface area contributed by atoms with E-state index in [0.717, 1.165) is 26.4 Å². The first-order chi connectivity index (χ1) is 8.66. The molecule has 1 aromatic rings. The van der Waals surface area contributed by atoms with Gasteiger partial charge in [-0.2, -0.15) is 0 Å². The van der Waals surface area contributed by atoms with E-state index in [-0.39, 0.29) is 5.91 Å². The van der Waals surface area contributed by atoms with Crippen molar-refractivity contribution in [2.45, 2.75) is 13.3 Å². The van der Waals surface area contributed by atoms with Gasteiger partial charge in [0, 0.05) is 22.1 Å². The third-order valence-electron chi connectivity index (χ3n) is 2.41. The van der Waals surface area contributed by atoms with E-state index in [2.05, 4.69) is 43.8 Å². The van der Waals surface area contributed by atoms with Crippen LogP contribution in [-0.4, -0.2) is 31.0 Å². The molecule has 0 radical (unpaired) electrons. The topological polar surface area (TPSA) is 38.3 Å². The molecule has 0 spiro atoms. The van der Waals surface area contributed by atoms with Crippen molar-refractivity contribution in [2.75, 3.05) is 25.1 Å². The number of halogens is 2. The van der Waals surface area contributed by atoms with E-state index >= 15 is 0 Å². The number of ether oxygens (including phenoxy) is 1. The summed E-state index contributed by atoms with van der Waals surface area (Å²) in [6, 6.07) is 5.77. The number of amides is 1. The molecule has 0 atom stereocenters. The van der Waals surface area contributed by atoms with Crippen LogP contribution >= 0.6 is 38.5 Å². The molecule has 0 aliphatic heterocycles. The van der Waals surface area contributed by atoms with Crippen LogP contribution in [-0.2, 0) is 4.74 Å². The Morgan fingerprint density at radius 1 is 1.44 bits per heavy atom. The van der Waals surface area contributed by atoms with Crippen molar-refractivity contribution in [2.24, 2.45) is 0 Å². The average Bonchev–Trinajstić information content (AvgIpc) is 2.36. The Balaban J connectivity index is 2.35. The number of carbonyl (C=O) groups is 1. The fourth-order valence-corrected chi connectivity index (χ4v) is 2.28. The largest absolute Gasteiger partial charge is 0.381 e. The standard InChI is InChI=1S/C13H17BrINO2/c1-10-4-2-5-11(12(10)15)13(17)16-7-3-8-18-9-6-14/h2,4-5H,3,6-9H2,1H3,(H,16,17). The summed E-state index contributed by atoms with van der Waals surface area (Å²) < 4.78 is 6.33. The van der Waals surface area contributed by atoms with Gasteiger partial charge in [-0.05, 0) is 47.6 Å². The zero-order valence-electron chi connectivity index (χ0n) is 10.3. The maximum Gasteiger partial charge on any atom is 0.252 e. The van der Waals surface area contributed by atoms with Crippen LogP contribution in [0.5, 0.6) is 0 Å². The highest BCUT2D eigenvalue weighted by molar-refractivity contribution is 14.1. The Morgan fingerprint density at radius 3 is 2.94 bits per heavy atom. The molecule has 1 amide bonds. The van der Waals surface area contributed by atoms with Crippen molar-refractivity contribution >= 4 is 44.4 Å². The first-order valence-electron chi connectivity index (χ1n) is 5.84. The second-order valence-electron chi connectivity index (χ2n) is 3.85. The van der Waals surface area contributed by atoms with E-state index < -0.39 is 0 Å². The van der Waals surface area contributed by atoms with Crippen LogP contribution in [0.3, 0.4) is 0 Å². The SMILES string of the molecule is Cc1cccc(C(=O)NCCCOCCBr)c1I. The quantitative estimate of drug-likeness (QED) is 0.414. The molecule has 0 bridgehead atoms. The molecule has 1 N–H and O–H groups in total. The average molecular weight is 426 g/mol. The smallest absolute Gasteiger partial charge is 0.252 e. The molecule has 0 aliphatic carbocycles. The van der Waals surface area contributed by atoms with Crippen molar-refractivity contribution in [1.82, 2.24) is 5.32 Å². The number of rotatable bonds is 7. The molecule has 0 aliphatic rings. The second-order valence-corrected chi connectivity index (χ2v) is 5.72. The third kappa shape index (κ3) is 5.24. The van der Waals surface area contributed by atoms with Gasteiger partial charge >= 0.3 is 0 Å². The summed E-state index contributed by atoms with van der Waals surface area (Å²) >= 11 is 5.50. The zero-order chi connectivity index (χ0) is 13.4. The summed E-state index contributed by atoms with van der Waals surface area (Å²) in [6.07, 6.45) is 0.834. The number of alkyl halides is 1. The van der Waals surface area contributed by atoms with Crippen molar-refractivity contribution in [3.8, 4) is 0 Å². The summed E-state index contributed by atoms with van der Waals surface area (Å²) in [5, 5.41) is 3.76. The molecular formula is C13H17BrINO2. The van der Waals surface area contributed by atoms with Gasteiger partial charge in [-0.15, -0.1) is 0 Å². The highest BCUT2D eigenvalue weighted by Crippen LogP contribution is 2.16. The van der Waals surface area contributed by atoms with Crippen molar-refractivity contribution < 1.29 is 9.53 Å². The number of nitrogens with one attached hydrogen (secondary N) is 1. The van der Waals surface area contributed by atoms with Gasteiger partial charge in [0.1, 0.15) is 0 Å². The van der Waals surface area contributed by atoms with Gasteiger partial charge in [0.2, 0.25) is 0 Å². The monoisotopic (exact) mass is 425 g/mol. The van der Waals surface area contributed by atoms with Gasteiger partial charge in [0.25, 0.3) is 5.91 Å². The van der Waals surface area contributed by atoms with Crippen LogP contribution in [0, 0.1) is 10.5 Å². The predicted molar refractivity (Wildman–Crippen MR) is 85.5 cm³/mol.